The Balaban J connectivity index is 2.64. The molecule has 0 radical (unpaired) electrons. The summed E-state index contributed by atoms with van der Waals surface area (Å²) in [6.07, 6.45) is 1.36. The molecule has 1 aromatic heterocycles. The van der Waals surface area contributed by atoms with E-state index in [2.05, 4.69) is 4.98 Å². The zero-order valence-corrected chi connectivity index (χ0v) is 10.4. The summed E-state index contributed by atoms with van der Waals surface area (Å²) >= 11 is 11.9. The van der Waals surface area contributed by atoms with Crippen LogP contribution in [-0.2, 0) is 0 Å². The number of rotatable bonds is 2. The fraction of sp³-hybridized carbons (Fsp3) is 0.0833. The Hall–Kier alpha value is -1.32. The van der Waals surface area contributed by atoms with E-state index in [4.69, 9.17) is 27.9 Å². The van der Waals surface area contributed by atoms with Gasteiger partial charge in [0.25, 0.3) is 5.95 Å². The minimum absolute atomic E-state index is 0.0664. The molecule has 1 heterocycles. The zero-order chi connectivity index (χ0) is 12.4. The fourth-order valence-electron chi connectivity index (χ4n) is 1.54. The first-order chi connectivity index (χ1) is 8.13. The van der Waals surface area contributed by atoms with Gasteiger partial charge in [-0.15, -0.1) is 0 Å². The van der Waals surface area contributed by atoms with Gasteiger partial charge in [-0.1, -0.05) is 29.3 Å². The molecular formula is C12H8Cl2FNO. The standard InChI is InChI=1S/C12H8Cl2FNO/c1-17-11-9(4-5-16-12(11)15)8-3-2-7(13)6-10(8)14/h2-6H,1H3. The number of hydrogen-bond acceptors (Lipinski definition) is 2. The lowest BCUT2D eigenvalue weighted by atomic mass is 10.1. The molecule has 2 aromatic rings. The van der Waals surface area contributed by atoms with Crippen molar-refractivity contribution in [2.24, 2.45) is 0 Å². The molecule has 5 heteroatoms. The number of methoxy groups -OCH3 is 1. The summed E-state index contributed by atoms with van der Waals surface area (Å²) in [5.74, 6) is -0.604. The summed E-state index contributed by atoms with van der Waals surface area (Å²) in [6.45, 7) is 0. The van der Waals surface area contributed by atoms with Crippen LogP contribution >= 0.6 is 23.2 Å². The third-order valence-electron chi connectivity index (χ3n) is 2.29. The maximum atomic E-state index is 13.4. The summed E-state index contributed by atoms with van der Waals surface area (Å²) < 4.78 is 18.4. The highest BCUT2D eigenvalue weighted by Gasteiger charge is 2.14. The van der Waals surface area contributed by atoms with Crippen LogP contribution in [0, 0.1) is 5.95 Å². The Bertz CT molecular complexity index is 560. The highest BCUT2D eigenvalue weighted by Crippen LogP contribution is 2.36. The summed E-state index contributed by atoms with van der Waals surface area (Å²) in [5.41, 5.74) is 1.19. The number of hydrogen-bond donors (Lipinski definition) is 0. The van der Waals surface area contributed by atoms with E-state index in [0.717, 1.165) is 0 Å². The average Bonchev–Trinajstić information content (AvgIpc) is 2.29. The summed E-state index contributed by atoms with van der Waals surface area (Å²) in [5, 5.41) is 0.952. The van der Waals surface area contributed by atoms with Gasteiger partial charge >= 0.3 is 0 Å². The number of nitrogens with zero attached hydrogens (tertiary/aromatic N) is 1. The normalized spacial score (nSPS) is 10.4. The van der Waals surface area contributed by atoms with Crippen molar-refractivity contribution in [1.82, 2.24) is 4.98 Å². The number of benzene rings is 1. The number of pyridine rings is 1. The molecule has 0 spiro atoms. The molecular weight excluding hydrogens is 264 g/mol. The molecule has 0 atom stereocenters. The van der Waals surface area contributed by atoms with E-state index in [1.807, 2.05) is 0 Å². The molecule has 0 N–H and O–H groups in total. The van der Waals surface area contributed by atoms with Crippen molar-refractivity contribution in [1.29, 1.82) is 0 Å². The van der Waals surface area contributed by atoms with Crippen LogP contribution in [0.4, 0.5) is 4.39 Å². The van der Waals surface area contributed by atoms with E-state index < -0.39 is 5.95 Å². The second-order valence-electron chi connectivity index (χ2n) is 3.31. The van der Waals surface area contributed by atoms with Crippen LogP contribution in [0.1, 0.15) is 0 Å². The highest BCUT2D eigenvalue weighted by atomic mass is 35.5. The van der Waals surface area contributed by atoms with E-state index in [-0.39, 0.29) is 5.75 Å². The minimum Gasteiger partial charge on any atom is -0.491 e. The van der Waals surface area contributed by atoms with Crippen LogP contribution in [0.3, 0.4) is 0 Å². The average molecular weight is 272 g/mol. The van der Waals surface area contributed by atoms with Gasteiger partial charge < -0.3 is 4.74 Å². The summed E-state index contributed by atoms with van der Waals surface area (Å²) in [7, 11) is 1.38. The lowest BCUT2D eigenvalue weighted by molar-refractivity contribution is 0.379. The monoisotopic (exact) mass is 271 g/mol. The summed E-state index contributed by atoms with van der Waals surface area (Å²) in [4.78, 5) is 3.52. The van der Waals surface area contributed by atoms with Gasteiger partial charge in [-0.2, -0.15) is 4.39 Å². The molecule has 0 aliphatic carbocycles. The lowest BCUT2D eigenvalue weighted by Crippen LogP contribution is -1.94. The first-order valence-corrected chi connectivity index (χ1v) is 5.53. The van der Waals surface area contributed by atoms with Crippen molar-refractivity contribution in [3.63, 3.8) is 0 Å². The molecule has 0 fully saturated rings. The molecule has 0 bridgehead atoms. The van der Waals surface area contributed by atoms with Gasteiger partial charge in [0.1, 0.15) is 0 Å². The topological polar surface area (TPSA) is 22.1 Å². The van der Waals surface area contributed by atoms with Crippen molar-refractivity contribution in [2.45, 2.75) is 0 Å². The number of ether oxygens (including phenoxy) is 1. The van der Waals surface area contributed by atoms with Gasteiger partial charge in [0.15, 0.2) is 5.75 Å². The van der Waals surface area contributed by atoms with E-state index in [1.165, 1.54) is 13.3 Å². The Labute approximate surface area is 108 Å². The second-order valence-corrected chi connectivity index (χ2v) is 4.15. The van der Waals surface area contributed by atoms with Crippen LogP contribution in [0.5, 0.6) is 5.75 Å². The Kier molecular flexibility index (Phi) is 3.50. The van der Waals surface area contributed by atoms with Gasteiger partial charge in [0, 0.05) is 22.3 Å². The largest absolute Gasteiger partial charge is 0.491 e. The quantitative estimate of drug-likeness (QED) is 0.764. The van der Waals surface area contributed by atoms with Crippen molar-refractivity contribution in [3.8, 4) is 16.9 Å². The molecule has 0 aliphatic heterocycles. The van der Waals surface area contributed by atoms with Crippen LogP contribution in [0.25, 0.3) is 11.1 Å². The highest BCUT2D eigenvalue weighted by molar-refractivity contribution is 6.36. The fourth-order valence-corrected chi connectivity index (χ4v) is 2.05. The van der Waals surface area contributed by atoms with Crippen LogP contribution in [0.15, 0.2) is 30.5 Å². The van der Waals surface area contributed by atoms with Gasteiger partial charge in [-0.05, 0) is 18.2 Å². The molecule has 2 nitrogen and oxygen atoms in total. The SMILES string of the molecule is COc1c(-c2ccc(Cl)cc2Cl)ccnc1F. The van der Waals surface area contributed by atoms with Crippen molar-refractivity contribution < 1.29 is 9.13 Å². The lowest BCUT2D eigenvalue weighted by Gasteiger charge is -2.10. The van der Waals surface area contributed by atoms with Gasteiger partial charge in [0.05, 0.1) is 12.1 Å². The molecule has 2 rings (SSSR count). The van der Waals surface area contributed by atoms with Crippen LogP contribution in [0.2, 0.25) is 10.0 Å². The second kappa shape index (κ2) is 4.90. The first kappa shape index (κ1) is 12.1. The maximum Gasteiger partial charge on any atom is 0.255 e. The first-order valence-electron chi connectivity index (χ1n) is 4.77. The molecule has 0 amide bonds. The zero-order valence-electron chi connectivity index (χ0n) is 8.88. The molecule has 0 saturated carbocycles. The van der Waals surface area contributed by atoms with E-state index in [0.29, 0.717) is 21.2 Å². The van der Waals surface area contributed by atoms with Crippen molar-refractivity contribution in [3.05, 3.63) is 46.5 Å². The Morgan fingerprint density at radius 1 is 1.18 bits per heavy atom. The van der Waals surface area contributed by atoms with Crippen molar-refractivity contribution >= 4 is 23.2 Å². The molecule has 0 saturated heterocycles. The Morgan fingerprint density at radius 2 is 1.94 bits per heavy atom. The minimum atomic E-state index is -0.670. The number of halogens is 3. The maximum absolute atomic E-state index is 13.4. The van der Waals surface area contributed by atoms with Gasteiger partial charge in [0.2, 0.25) is 0 Å². The van der Waals surface area contributed by atoms with Gasteiger partial charge in [-0.25, -0.2) is 4.98 Å². The van der Waals surface area contributed by atoms with Gasteiger partial charge in [-0.3, -0.25) is 0 Å². The van der Waals surface area contributed by atoms with Crippen molar-refractivity contribution in [2.75, 3.05) is 7.11 Å². The predicted octanol–water partition coefficient (Wildman–Crippen LogP) is 4.20. The number of aromatic nitrogens is 1. The Morgan fingerprint density at radius 3 is 2.59 bits per heavy atom. The van der Waals surface area contributed by atoms with E-state index in [9.17, 15) is 4.39 Å². The molecule has 88 valence electrons. The molecule has 17 heavy (non-hydrogen) atoms. The molecule has 0 aliphatic rings. The predicted molar refractivity (Wildman–Crippen MR) is 66.2 cm³/mol. The van der Waals surface area contributed by atoms with E-state index >= 15 is 0 Å². The van der Waals surface area contributed by atoms with Crippen LogP contribution < -0.4 is 4.74 Å². The van der Waals surface area contributed by atoms with E-state index in [1.54, 1.807) is 24.3 Å². The van der Waals surface area contributed by atoms with Crippen LogP contribution in [-0.4, -0.2) is 12.1 Å². The molecule has 1 aromatic carbocycles. The molecule has 0 unspecified atom stereocenters. The smallest absolute Gasteiger partial charge is 0.255 e. The summed E-state index contributed by atoms with van der Waals surface area (Å²) in [6, 6.07) is 6.62. The third kappa shape index (κ3) is 2.35. The third-order valence-corrected chi connectivity index (χ3v) is 2.83.